The molecule has 156 valence electrons. The van der Waals surface area contributed by atoms with E-state index in [1.54, 1.807) is 6.07 Å². The average molecular weight is 448 g/mol. The van der Waals surface area contributed by atoms with Gasteiger partial charge in [0.2, 0.25) is 0 Å². The number of phenolic OH excluding ortho intramolecular Hbond substituents is 1. The summed E-state index contributed by atoms with van der Waals surface area (Å²) in [6.07, 6.45) is 0. The minimum absolute atomic E-state index is 0.324. The molecule has 0 atom stereocenters. The summed E-state index contributed by atoms with van der Waals surface area (Å²) in [7, 11) is -10.2. The monoisotopic (exact) mass is 448 g/mol. The van der Waals surface area contributed by atoms with E-state index in [4.69, 9.17) is 9.11 Å². The number of hydrogen-bond acceptors (Lipinski definition) is 6. The first-order valence-electron chi connectivity index (χ1n) is 8.40. The molecule has 8 nitrogen and oxygen atoms in total. The van der Waals surface area contributed by atoms with Crippen molar-refractivity contribution in [2.45, 2.75) is 0 Å². The fourth-order valence-electron chi connectivity index (χ4n) is 3.10. The minimum Gasteiger partial charge on any atom is -0.507 e. The van der Waals surface area contributed by atoms with Crippen LogP contribution in [0.3, 0.4) is 0 Å². The van der Waals surface area contributed by atoms with E-state index in [0.29, 0.717) is 5.75 Å². The van der Waals surface area contributed by atoms with E-state index < -0.39 is 20.8 Å². The summed E-state index contributed by atoms with van der Waals surface area (Å²) < 4.78 is 55.6. The molecule has 4 aromatic carbocycles. The normalized spacial score (nSPS) is 11.8. The van der Waals surface area contributed by atoms with Crippen LogP contribution in [0.4, 0.5) is 0 Å². The molecule has 0 saturated carbocycles. The molecule has 0 bridgehead atoms. The summed E-state index contributed by atoms with van der Waals surface area (Å²) in [4.78, 5) is 0. The standard InChI is InChI=1S/C20H14O.H2O7S2/c21-19-13-12-15-7-2-4-10-17(15)20(19)18-11-5-8-14-6-1-3-9-16(14)18;1-8(2,3)7-9(4,5)6/h1-13,21H;(H,1,2,3)(H,4,5,6). The van der Waals surface area contributed by atoms with E-state index >= 15 is 0 Å². The molecule has 0 unspecified atom stereocenters. The van der Waals surface area contributed by atoms with Crippen molar-refractivity contribution >= 4 is 42.3 Å². The van der Waals surface area contributed by atoms with Crippen molar-refractivity contribution in [2.75, 3.05) is 0 Å². The van der Waals surface area contributed by atoms with Gasteiger partial charge < -0.3 is 5.11 Å². The molecule has 0 heterocycles. The number of aromatic hydroxyl groups is 1. The molecule has 0 spiro atoms. The maximum atomic E-state index is 10.4. The van der Waals surface area contributed by atoms with Gasteiger partial charge in [-0.25, -0.2) is 0 Å². The molecule has 4 rings (SSSR count). The zero-order chi connectivity index (χ0) is 21.9. The Hall–Kier alpha value is -3.02. The van der Waals surface area contributed by atoms with Crippen molar-refractivity contribution in [3.05, 3.63) is 78.9 Å². The van der Waals surface area contributed by atoms with Crippen LogP contribution in [0, 0.1) is 0 Å². The van der Waals surface area contributed by atoms with Crippen LogP contribution in [0.5, 0.6) is 5.75 Å². The Bertz CT molecular complexity index is 1390. The molecule has 3 N–H and O–H groups in total. The van der Waals surface area contributed by atoms with Crippen molar-refractivity contribution in [1.82, 2.24) is 0 Å². The highest BCUT2D eigenvalue weighted by molar-refractivity contribution is 7.94. The van der Waals surface area contributed by atoms with Gasteiger partial charge in [0.1, 0.15) is 5.75 Å². The van der Waals surface area contributed by atoms with Gasteiger partial charge >= 0.3 is 20.8 Å². The van der Waals surface area contributed by atoms with Crippen LogP contribution < -0.4 is 0 Å². The lowest BCUT2D eigenvalue weighted by Crippen LogP contribution is -2.10. The predicted octanol–water partition coefficient (Wildman–Crippen LogP) is 3.97. The summed E-state index contributed by atoms with van der Waals surface area (Å²) in [5.41, 5.74) is 1.98. The Morgan fingerprint density at radius 1 is 0.600 bits per heavy atom. The molecule has 4 aromatic rings. The number of benzene rings is 4. The molecule has 0 aliphatic rings. The van der Waals surface area contributed by atoms with Crippen molar-refractivity contribution in [2.24, 2.45) is 0 Å². The van der Waals surface area contributed by atoms with E-state index in [1.807, 2.05) is 36.4 Å². The molecule has 0 fully saturated rings. The number of fused-ring (bicyclic) bond motifs is 2. The van der Waals surface area contributed by atoms with E-state index in [-0.39, 0.29) is 0 Å². The van der Waals surface area contributed by atoms with Crippen LogP contribution in [-0.2, 0) is 24.4 Å². The third kappa shape index (κ3) is 5.32. The first-order chi connectivity index (χ1) is 14.1. The highest BCUT2D eigenvalue weighted by Gasteiger charge is 2.16. The fraction of sp³-hybridized carbons (Fsp3) is 0. The average Bonchev–Trinajstić information content (AvgIpc) is 2.65. The molecule has 0 aromatic heterocycles. The van der Waals surface area contributed by atoms with Gasteiger partial charge in [-0.15, -0.1) is 3.63 Å². The first-order valence-corrected chi connectivity index (χ1v) is 11.1. The van der Waals surface area contributed by atoms with Crippen molar-refractivity contribution < 1.29 is 34.7 Å². The second kappa shape index (κ2) is 8.38. The third-order valence-corrected chi connectivity index (χ3v) is 5.51. The van der Waals surface area contributed by atoms with E-state index in [1.165, 1.54) is 5.39 Å². The summed E-state index contributed by atoms with van der Waals surface area (Å²) in [6.45, 7) is 0. The SMILES string of the molecule is O=S(=O)(O)OS(=O)(=O)O.Oc1ccc2ccccc2c1-c1cccc2ccccc12. The van der Waals surface area contributed by atoms with Crippen LogP contribution in [0.25, 0.3) is 32.7 Å². The van der Waals surface area contributed by atoms with Gasteiger partial charge in [0.15, 0.2) is 0 Å². The van der Waals surface area contributed by atoms with Gasteiger partial charge in [-0.3, -0.25) is 9.11 Å². The summed E-state index contributed by atoms with van der Waals surface area (Å²) >= 11 is 0. The fourth-order valence-corrected chi connectivity index (χ4v) is 3.96. The Morgan fingerprint density at radius 2 is 1.10 bits per heavy atom. The zero-order valence-electron chi connectivity index (χ0n) is 15.2. The molecule has 0 saturated heterocycles. The van der Waals surface area contributed by atoms with Crippen LogP contribution in [0.2, 0.25) is 0 Å². The topological polar surface area (TPSA) is 138 Å². The van der Waals surface area contributed by atoms with E-state index in [0.717, 1.165) is 27.3 Å². The second-order valence-corrected chi connectivity index (χ2v) is 8.39. The van der Waals surface area contributed by atoms with Crippen molar-refractivity contribution in [3.8, 4) is 16.9 Å². The Morgan fingerprint density at radius 3 is 1.67 bits per heavy atom. The number of hydrogen-bond donors (Lipinski definition) is 3. The van der Waals surface area contributed by atoms with Gasteiger partial charge in [-0.2, -0.15) is 16.8 Å². The van der Waals surface area contributed by atoms with Crippen LogP contribution >= 0.6 is 0 Å². The number of rotatable bonds is 3. The van der Waals surface area contributed by atoms with Crippen LogP contribution in [0.1, 0.15) is 0 Å². The molecular weight excluding hydrogens is 432 g/mol. The molecular formula is C20H16O8S2. The Labute approximate surface area is 172 Å². The zero-order valence-corrected chi connectivity index (χ0v) is 16.8. The lowest BCUT2D eigenvalue weighted by molar-refractivity contribution is 0.344. The Balaban J connectivity index is 0.000000244. The van der Waals surface area contributed by atoms with Crippen molar-refractivity contribution in [3.63, 3.8) is 0 Å². The molecule has 30 heavy (non-hydrogen) atoms. The van der Waals surface area contributed by atoms with E-state index in [2.05, 4.69) is 40.0 Å². The highest BCUT2D eigenvalue weighted by atomic mass is 32.3. The van der Waals surface area contributed by atoms with Gasteiger partial charge in [-0.1, -0.05) is 72.8 Å². The maximum absolute atomic E-state index is 10.4. The summed E-state index contributed by atoms with van der Waals surface area (Å²) in [5.74, 6) is 0.324. The van der Waals surface area contributed by atoms with Gasteiger partial charge in [0.25, 0.3) is 0 Å². The second-order valence-electron chi connectivity index (χ2n) is 6.13. The van der Waals surface area contributed by atoms with Crippen LogP contribution in [-0.4, -0.2) is 31.0 Å². The predicted molar refractivity (Wildman–Crippen MR) is 113 cm³/mol. The molecule has 10 heteroatoms. The van der Waals surface area contributed by atoms with Gasteiger partial charge in [0.05, 0.1) is 0 Å². The number of phenols is 1. The minimum atomic E-state index is -5.12. The quantitative estimate of drug-likeness (QED) is 0.400. The molecule has 0 amide bonds. The summed E-state index contributed by atoms with van der Waals surface area (Å²) in [6, 6.07) is 26.4. The van der Waals surface area contributed by atoms with Crippen molar-refractivity contribution in [1.29, 1.82) is 0 Å². The third-order valence-electron chi connectivity index (χ3n) is 4.14. The van der Waals surface area contributed by atoms with E-state index in [9.17, 15) is 21.9 Å². The Kier molecular flexibility index (Phi) is 6.06. The highest BCUT2D eigenvalue weighted by Crippen LogP contribution is 2.39. The van der Waals surface area contributed by atoms with Crippen LogP contribution in [0.15, 0.2) is 78.9 Å². The smallest absolute Gasteiger partial charge is 0.413 e. The molecule has 0 aliphatic heterocycles. The lowest BCUT2D eigenvalue weighted by Gasteiger charge is -2.12. The lowest BCUT2D eigenvalue weighted by atomic mass is 9.93. The first kappa shape index (κ1) is 21.7. The molecule has 0 radical (unpaired) electrons. The molecule has 0 aliphatic carbocycles. The van der Waals surface area contributed by atoms with Gasteiger partial charge in [-0.05, 0) is 33.2 Å². The maximum Gasteiger partial charge on any atom is 0.413 e. The largest absolute Gasteiger partial charge is 0.507 e. The van der Waals surface area contributed by atoms with Gasteiger partial charge in [0, 0.05) is 5.56 Å². The summed E-state index contributed by atoms with van der Waals surface area (Å²) in [5, 5.41) is 15.0.